The van der Waals surface area contributed by atoms with Gasteiger partial charge >= 0.3 is 0 Å². The van der Waals surface area contributed by atoms with Crippen LogP contribution in [0.2, 0.25) is 0 Å². The van der Waals surface area contributed by atoms with Crippen LogP contribution in [0.4, 0.5) is 0 Å². The predicted octanol–water partition coefficient (Wildman–Crippen LogP) is 1.29. The number of fused-ring (bicyclic) bond motifs is 1. The minimum Gasteiger partial charge on any atom is -0.497 e. The summed E-state index contributed by atoms with van der Waals surface area (Å²) in [6, 6.07) is 7.31. The molecule has 0 amide bonds. The molecule has 1 aliphatic heterocycles. The maximum absolute atomic E-state index is 10.3. The van der Waals surface area contributed by atoms with Gasteiger partial charge in [-0.15, -0.1) is 0 Å². The molecule has 1 atom stereocenters. The van der Waals surface area contributed by atoms with Gasteiger partial charge in [0.2, 0.25) is 5.88 Å². The number of aromatic nitrogens is 2. The van der Waals surface area contributed by atoms with Crippen molar-refractivity contribution in [2.24, 2.45) is 0 Å². The minimum atomic E-state index is -0.584. The summed E-state index contributed by atoms with van der Waals surface area (Å²) in [4.78, 5) is 10.6. The molecule has 25 heavy (non-hydrogen) atoms. The lowest BCUT2D eigenvalue weighted by Crippen LogP contribution is -2.39. The third kappa shape index (κ3) is 4.37. The summed E-state index contributed by atoms with van der Waals surface area (Å²) in [5.41, 5.74) is 2.02. The number of β-amino-alcohol motifs (C(OH)–C–C–N with tert-alkyl or cyclic N) is 1. The first-order chi connectivity index (χ1) is 12.2. The molecule has 0 fully saturated rings. The lowest BCUT2D eigenvalue weighted by Gasteiger charge is -2.30. The maximum atomic E-state index is 10.3. The van der Waals surface area contributed by atoms with E-state index in [1.54, 1.807) is 14.2 Å². The van der Waals surface area contributed by atoms with Crippen molar-refractivity contribution in [1.82, 2.24) is 14.9 Å². The van der Waals surface area contributed by atoms with Gasteiger partial charge in [0.15, 0.2) is 0 Å². The quantitative estimate of drug-likeness (QED) is 0.810. The third-order valence-electron chi connectivity index (χ3n) is 4.21. The fourth-order valence-electron chi connectivity index (χ4n) is 2.92. The number of methoxy groups -OCH3 is 2. The molecule has 1 aliphatic rings. The number of rotatable bonds is 7. The summed E-state index contributed by atoms with van der Waals surface area (Å²) >= 11 is 0. The van der Waals surface area contributed by atoms with Crippen LogP contribution in [0.25, 0.3) is 0 Å². The van der Waals surface area contributed by atoms with E-state index in [1.165, 1.54) is 6.33 Å². The Kier molecular flexibility index (Phi) is 5.67. The summed E-state index contributed by atoms with van der Waals surface area (Å²) < 4.78 is 16.1. The second kappa shape index (κ2) is 8.13. The number of hydrogen-bond donors (Lipinski definition) is 1. The molecular weight excluding hydrogens is 322 g/mol. The first-order valence-corrected chi connectivity index (χ1v) is 8.23. The molecule has 7 nitrogen and oxygen atoms in total. The van der Waals surface area contributed by atoms with Gasteiger partial charge < -0.3 is 19.3 Å². The molecule has 1 aromatic heterocycles. The molecule has 0 aliphatic carbocycles. The number of nitrogens with zero attached hydrogens (tertiary/aromatic N) is 3. The highest BCUT2D eigenvalue weighted by atomic mass is 16.5. The maximum Gasteiger partial charge on any atom is 0.220 e. The Labute approximate surface area is 147 Å². The van der Waals surface area contributed by atoms with Gasteiger partial charge in [0.25, 0.3) is 0 Å². The van der Waals surface area contributed by atoms with Crippen LogP contribution in [0.3, 0.4) is 0 Å². The van der Waals surface area contributed by atoms with Crippen LogP contribution < -0.4 is 14.2 Å². The van der Waals surface area contributed by atoms with E-state index >= 15 is 0 Å². The molecule has 0 bridgehead atoms. The molecule has 7 heteroatoms. The second-order valence-electron chi connectivity index (χ2n) is 5.93. The van der Waals surface area contributed by atoms with Crippen LogP contribution in [0.1, 0.15) is 11.3 Å². The Morgan fingerprint density at radius 1 is 1.12 bits per heavy atom. The summed E-state index contributed by atoms with van der Waals surface area (Å²) in [6.45, 7) is 2.26. The van der Waals surface area contributed by atoms with Gasteiger partial charge in [0, 0.05) is 31.6 Å². The Balaban J connectivity index is 1.52. The topological polar surface area (TPSA) is 76.9 Å². The van der Waals surface area contributed by atoms with Gasteiger partial charge in [-0.1, -0.05) is 0 Å². The SMILES string of the molecule is COc1ccc(OCC(O)CN2CCc3ncnc(OC)c3C2)cc1. The fraction of sp³-hybridized carbons (Fsp3) is 0.444. The molecule has 134 valence electrons. The molecule has 3 rings (SSSR count). The second-order valence-corrected chi connectivity index (χ2v) is 5.93. The standard InChI is InChI=1S/C18H23N3O4/c1-23-14-3-5-15(6-4-14)25-11-13(22)9-21-8-7-17-16(10-21)18(24-2)20-12-19-17/h3-6,12-13,22H,7-11H2,1-2H3. The minimum absolute atomic E-state index is 0.234. The highest BCUT2D eigenvalue weighted by Crippen LogP contribution is 2.24. The number of ether oxygens (including phenoxy) is 3. The van der Waals surface area contributed by atoms with Crippen molar-refractivity contribution in [1.29, 1.82) is 0 Å². The van der Waals surface area contributed by atoms with Gasteiger partial charge in [-0.05, 0) is 24.3 Å². The smallest absolute Gasteiger partial charge is 0.220 e. The summed E-state index contributed by atoms with van der Waals surface area (Å²) in [6.07, 6.45) is 1.77. The summed E-state index contributed by atoms with van der Waals surface area (Å²) in [5, 5.41) is 10.3. The Morgan fingerprint density at radius 2 is 1.88 bits per heavy atom. The van der Waals surface area contributed by atoms with Gasteiger partial charge in [-0.2, -0.15) is 0 Å². The number of aliphatic hydroxyl groups excluding tert-OH is 1. The van der Waals surface area contributed by atoms with Gasteiger partial charge in [0.05, 0.1) is 19.9 Å². The zero-order valence-electron chi connectivity index (χ0n) is 14.5. The summed E-state index contributed by atoms with van der Waals surface area (Å²) in [5.74, 6) is 2.09. The molecule has 1 unspecified atom stereocenters. The first-order valence-electron chi connectivity index (χ1n) is 8.23. The lowest BCUT2D eigenvalue weighted by molar-refractivity contribution is 0.0630. The van der Waals surface area contributed by atoms with E-state index in [9.17, 15) is 5.11 Å². The van der Waals surface area contributed by atoms with Crippen molar-refractivity contribution in [2.45, 2.75) is 19.1 Å². The van der Waals surface area contributed by atoms with Gasteiger partial charge in [-0.3, -0.25) is 4.90 Å². The zero-order valence-corrected chi connectivity index (χ0v) is 14.5. The van der Waals surface area contributed by atoms with Crippen LogP contribution in [-0.2, 0) is 13.0 Å². The zero-order chi connectivity index (χ0) is 17.6. The van der Waals surface area contributed by atoms with Crippen LogP contribution in [0.15, 0.2) is 30.6 Å². The lowest BCUT2D eigenvalue weighted by atomic mass is 10.1. The van der Waals surface area contributed by atoms with E-state index < -0.39 is 6.10 Å². The average Bonchev–Trinajstić information content (AvgIpc) is 2.66. The van der Waals surface area contributed by atoms with E-state index in [0.29, 0.717) is 24.7 Å². The van der Waals surface area contributed by atoms with E-state index in [1.807, 2.05) is 24.3 Å². The highest BCUT2D eigenvalue weighted by molar-refractivity contribution is 5.32. The predicted molar refractivity (Wildman–Crippen MR) is 92.1 cm³/mol. The molecule has 0 saturated heterocycles. The molecule has 0 radical (unpaired) electrons. The largest absolute Gasteiger partial charge is 0.497 e. The van der Waals surface area contributed by atoms with E-state index in [2.05, 4.69) is 14.9 Å². The van der Waals surface area contributed by atoms with E-state index in [4.69, 9.17) is 14.2 Å². The number of benzene rings is 1. The molecule has 1 N–H and O–H groups in total. The van der Waals surface area contributed by atoms with Crippen molar-refractivity contribution in [3.63, 3.8) is 0 Å². The van der Waals surface area contributed by atoms with Gasteiger partial charge in [-0.25, -0.2) is 9.97 Å². The Bertz CT molecular complexity index is 679. The number of aliphatic hydroxyl groups is 1. The van der Waals surface area contributed by atoms with Crippen LogP contribution in [0.5, 0.6) is 17.4 Å². The summed E-state index contributed by atoms with van der Waals surface area (Å²) in [7, 11) is 3.23. The molecular formula is C18H23N3O4. The van der Waals surface area contributed by atoms with Crippen molar-refractivity contribution in [2.75, 3.05) is 33.9 Å². The Morgan fingerprint density at radius 3 is 2.60 bits per heavy atom. The molecule has 0 spiro atoms. The average molecular weight is 345 g/mol. The Hall–Kier alpha value is -2.38. The third-order valence-corrected chi connectivity index (χ3v) is 4.21. The van der Waals surface area contributed by atoms with E-state index in [0.717, 1.165) is 30.0 Å². The van der Waals surface area contributed by atoms with Crippen molar-refractivity contribution in [3.8, 4) is 17.4 Å². The van der Waals surface area contributed by atoms with Crippen LogP contribution >= 0.6 is 0 Å². The van der Waals surface area contributed by atoms with E-state index in [-0.39, 0.29) is 6.61 Å². The number of hydrogen-bond acceptors (Lipinski definition) is 7. The van der Waals surface area contributed by atoms with Crippen molar-refractivity contribution >= 4 is 0 Å². The highest BCUT2D eigenvalue weighted by Gasteiger charge is 2.23. The van der Waals surface area contributed by atoms with Crippen LogP contribution in [-0.4, -0.2) is 60.0 Å². The fourth-order valence-corrected chi connectivity index (χ4v) is 2.92. The van der Waals surface area contributed by atoms with Crippen molar-refractivity contribution < 1.29 is 19.3 Å². The van der Waals surface area contributed by atoms with Gasteiger partial charge in [0.1, 0.15) is 30.5 Å². The molecule has 1 aromatic carbocycles. The van der Waals surface area contributed by atoms with Crippen LogP contribution in [0, 0.1) is 0 Å². The normalized spacial score (nSPS) is 15.3. The molecule has 0 saturated carbocycles. The molecule has 2 heterocycles. The first kappa shape index (κ1) is 17.4. The molecule has 2 aromatic rings. The van der Waals surface area contributed by atoms with Crippen molar-refractivity contribution in [3.05, 3.63) is 41.9 Å². The monoisotopic (exact) mass is 345 g/mol.